The fourth-order valence-corrected chi connectivity index (χ4v) is 1.80. The van der Waals surface area contributed by atoms with Gasteiger partial charge >= 0.3 is 12.1 Å². The first-order valence-corrected chi connectivity index (χ1v) is 5.12. The number of thioether (sulfide) groups is 1. The lowest BCUT2D eigenvalue weighted by molar-refractivity contribution is -0.188. The smallest absolute Gasteiger partial charge is 0.403 e. The quantitative estimate of drug-likeness (QED) is 0.677. The molecule has 0 aliphatic carbocycles. The molecule has 0 aromatic heterocycles. The molecule has 3 N–H and O–H groups in total. The van der Waals surface area contributed by atoms with Gasteiger partial charge in [-0.2, -0.15) is 24.9 Å². The summed E-state index contributed by atoms with van der Waals surface area (Å²) in [7, 11) is 0. The van der Waals surface area contributed by atoms with E-state index >= 15 is 0 Å². The van der Waals surface area contributed by atoms with Crippen LogP contribution < -0.4 is 5.73 Å². The highest BCUT2D eigenvalue weighted by atomic mass is 32.2. The number of nitrogens with two attached hydrogens (primary N) is 1. The first kappa shape index (κ1) is 13.6. The maximum Gasteiger partial charge on any atom is 0.403 e. The zero-order valence-corrected chi connectivity index (χ0v) is 8.20. The molecule has 0 saturated carbocycles. The lowest BCUT2D eigenvalue weighted by Crippen LogP contribution is -2.32. The Morgan fingerprint density at radius 1 is 1.50 bits per heavy atom. The van der Waals surface area contributed by atoms with E-state index < -0.39 is 23.8 Å². The van der Waals surface area contributed by atoms with Gasteiger partial charge in [0, 0.05) is 5.75 Å². The van der Waals surface area contributed by atoms with Gasteiger partial charge in [-0.15, -0.1) is 0 Å². The summed E-state index contributed by atoms with van der Waals surface area (Å²) in [6.45, 7) is 0.400. The van der Waals surface area contributed by atoms with E-state index in [0.29, 0.717) is 18.7 Å². The van der Waals surface area contributed by atoms with E-state index in [1.807, 2.05) is 0 Å². The Balaban J connectivity index is 3.94. The third kappa shape index (κ3) is 5.33. The molecule has 3 nitrogen and oxygen atoms in total. The number of carbonyl (C=O) groups is 1. The van der Waals surface area contributed by atoms with Crippen LogP contribution in [0.2, 0.25) is 0 Å². The summed E-state index contributed by atoms with van der Waals surface area (Å²) >= 11 is 0.960. The fraction of sp³-hybridized carbons (Fsp3) is 0.857. The van der Waals surface area contributed by atoms with E-state index in [0.717, 1.165) is 11.8 Å². The fourth-order valence-electron chi connectivity index (χ4n) is 0.692. The molecular weight excluding hydrogens is 219 g/mol. The average Bonchev–Trinajstić information content (AvgIpc) is 2.01. The van der Waals surface area contributed by atoms with Gasteiger partial charge in [-0.3, -0.25) is 4.79 Å². The molecule has 14 heavy (non-hydrogen) atoms. The maximum atomic E-state index is 12.1. The number of hydrogen-bond donors (Lipinski definition) is 2. The van der Waals surface area contributed by atoms with Gasteiger partial charge in [0.2, 0.25) is 0 Å². The molecular formula is C7H12F3NO2S. The van der Waals surface area contributed by atoms with Crippen molar-refractivity contribution in [2.45, 2.75) is 12.6 Å². The largest absolute Gasteiger partial charge is 0.481 e. The minimum atomic E-state index is -4.67. The van der Waals surface area contributed by atoms with Crippen molar-refractivity contribution in [2.24, 2.45) is 11.7 Å². The van der Waals surface area contributed by atoms with Crippen LogP contribution in [-0.2, 0) is 4.79 Å². The average molecular weight is 231 g/mol. The van der Waals surface area contributed by atoms with Crippen molar-refractivity contribution in [3.63, 3.8) is 0 Å². The van der Waals surface area contributed by atoms with Crippen LogP contribution in [-0.4, -0.2) is 35.3 Å². The lowest BCUT2D eigenvalue weighted by Gasteiger charge is -2.15. The second-order valence-electron chi connectivity index (χ2n) is 2.65. The summed E-state index contributed by atoms with van der Waals surface area (Å²) in [4.78, 5) is 10.3. The highest BCUT2D eigenvalue weighted by Gasteiger charge is 2.44. The highest BCUT2D eigenvalue weighted by molar-refractivity contribution is 7.99. The molecule has 1 atom stereocenters. The minimum absolute atomic E-state index is 0.400. The van der Waals surface area contributed by atoms with E-state index in [4.69, 9.17) is 10.8 Å². The summed E-state index contributed by atoms with van der Waals surface area (Å²) in [5.74, 6) is -4.09. The van der Waals surface area contributed by atoms with Gasteiger partial charge in [0.15, 0.2) is 5.92 Å². The van der Waals surface area contributed by atoms with Crippen molar-refractivity contribution in [1.29, 1.82) is 0 Å². The maximum absolute atomic E-state index is 12.1. The van der Waals surface area contributed by atoms with E-state index in [2.05, 4.69) is 0 Å². The molecule has 84 valence electrons. The highest BCUT2D eigenvalue weighted by Crippen LogP contribution is 2.29. The monoisotopic (exact) mass is 231 g/mol. The molecule has 0 bridgehead atoms. The van der Waals surface area contributed by atoms with E-state index in [1.165, 1.54) is 0 Å². The summed E-state index contributed by atoms with van der Waals surface area (Å²) in [6.07, 6.45) is -4.07. The number of alkyl halides is 3. The third-order valence-corrected chi connectivity index (χ3v) is 2.62. The molecule has 0 aromatic rings. The second kappa shape index (κ2) is 6.13. The topological polar surface area (TPSA) is 63.3 Å². The van der Waals surface area contributed by atoms with Gasteiger partial charge in [-0.05, 0) is 18.7 Å². The Hall–Kier alpha value is -0.430. The molecule has 0 radical (unpaired) electrons. The van der Waals surface area contributed by atoms with Crippen LogP contribution in [0.4, 0.5) is 13.2 Å². The SMILES string of the molecule is NCCCSCC(C(=O)O)C(F)(F)F. The number of hydrogen-bond acceptors (Lipinski definition) is 3. The molecule has 0 rings (SSSR count). The van der Waals surface area contributed by atoms with Crippen LogP contribution >= 0.6 is 11.8 Å². The molecule has 0 spiro atoms. The van der Waals surface area contributed by atoms with Crippen LogP contribution in [0.5, 0.6) is 0 Å². The summed E-state index contributed by atoms with van der Waals surface area (Å²) in [5.41, 5.74) is 5.14. The zero-order chi connectivity index (χ0) is 11.2. The van der Waals surface area contributed by atoms with E-state index in [9.17, 15) is 18.0 Å². The van der Waals surface area contributed by atoms with Crippen molar-refractivity contribution < 1.29 is 23.1 Å². The molecule has 0 heterocycles. The predicted molar refractivity (Wildman–Crippen MR) is 48.2 cm³/mol. The number of aliphatic carboxylic acids is 1. The van der Waals surface area contributed by atoms with Crippen LogP contribution in [0, 0.1) is 5.92 Å². The second-order valence-corrected chi connectivity index (χ2v) is 3.80. The summed E-state index contributed by atoms with van der Waals surface area (Å²) < 4.78 is 36.2. The number of halogens is 3. The van der Waals surface area contributed by atoms with E-state index in [1.54, 1.807) is 0 Å². The molecule has 0 saturated heterocycles. The van der Waals surface area contributed by atoms with Crippen molar-refractivity contribution in [3.05, 3.63) is 0 Å². The Labute approximate surface area is 83.8 Å². The number of carboxylic acid groups (broad SMARTS) is 1. The normalized spacial score (nSPS) is 14.0. The molecule has 0 aliphatic heterocycles. The molecule has 7 heteroatoms. The molecule has 0 aliphatic rings. The first-order chi connectivity index (χ1) is 6.39. The van der Waals surface area contributed by atoms with Gasteiger partial charge < -0.3 is 10.8 Å². The van der Waals surface area contributed by atoms with Gasteiger partial charge in [0.25, 0.3) is 0 Å². The van der Waals surface area contributed by atoms with Crippen LogP contribution in [0.3, 0.4) is 0 Å². The van der Waals surface area contributed by atoms with Crippen molar-refractivity contribution >= 4 is 17.7 Å². The van der Waals surface area contributed by atoms with Gasteiger partial charge in [-0.1, -0.05) is 0 Å². The van der Waals surface area contributed by atoms with Crippen LogP contribution in [0.25, 0.3) is 0 Å². The Kier molecular flexibility index (Phi) is 5.94. The number of rotatable bonds is 6. The molecule has 1 unspecified atom stereocenters. The van der Waals surface area contributed by atoms with Crippen LogP contribution in [0.1, 0.15) is 6.42 Å². The molecule has 0 aromatic carbocycles. The van der Waals surface area contributed by atoms with Gasteiger partial charge in [-0.25, -0.2) is 0 Å². The molecule has 0 fully saturated rings. The Morgan fingerprint density at radius 3 is 2.43 bits per heavy atom. The Bertz CT molecular complexity index is 186. The minimum Gasteiger partial charge on any atom is -0.481 e. The number of carboxylic acids is 1. The van der Waals surface area contributed by atoms with Crippen molar-refractivity contribution in [2.75, 3.05) is 18.1 Å². The zero-order valence-electron chi connectivity index (χ0n) is 7.38. The third-order valence-electron chi connectivity index (χ3n) is 1.47. The lowest BCUT2D eigenvalue weighted by atomic mass is 10.2. The van der Waals surface area contributed by atoms with Crippen molar-refractivity contribution in [1.82, 2.24) is 0 Å². The Morgan fingerprint density at radius 2 is 2.07 bits per heavy atom. The van der Waals surface area contributed by atoms with Crippen molar-refractivity contribution in [3.8, 4) is 0 Å². The van der Waals surface area contributed by atoms with Gasteiger partial charge in [0.1, 0.15) is 0 Å². The predicted octanol–water partition coefficient (Wildman–Crippen LogP) is 1.33. The molecule has 0 amide bonds. The first-order valence-electron chi connectivity index (χ1n) is 3.97. The summed E-state index contributed by atoms with van der Waals surface area (Å²) in [6, 6.07) is 0. The van der Waals surface area contributed by atoms with E-state index in [-0.39, 0.29) is 0 Å². The summed E-state index contributed by atoms with van der Waals surface area (Å²) in [5, 5.41) is 8.31. The van der Waals surface area contributed by atoms with Gasteiger partial charge in [0.05, 0.1) is 0 Å². The van der Waals surface area contributed by atoms with Crippen LogP contribution in [0.15, 0.2) is 0 Å². The standard InChI is InChI=1S/C7H12F3NO2S/c8-7(9,10)5(6(12)13)4-14-3-1-2-11/h5H,1-4,11H2,(H,12,13).